The molecule has 0 aliphatic rings. The van der Waals surface area contributed by atoms with E-state index in [9.17, 15) is 8.42 Å². The number of methoxy groups -OCH3 is 1. The first-order chi connectivity index (χ1) is 12.1. The summed E-state index contributed by atoms with van der Waals surface area (Å²) in [6.07, 6.45) is 2.14. The molecule has 0 spiro atoms. The number of hydrogen-bond donors (Lipinski definition) is 1. The lowest BCUT2D eigenvalue weighted by Crippen LogP contribution is -2.39. The van der Waals surface area contributed by atoms with Gasteiger partial charge in [0.2, 0.25) is 10.0 Å². The van der Waals surface area contributed by atoms with Crippen LogP contribution in [0.5, 0.6) is 0 Å². The standard InChI is InChI=1S/C19H20N2O3S/c1-24-14-17(13-15-7-3-2-4-8-15)21-25(22,23)18-11-5-9-16-10-6-12-20-19(16)18/h2-12,17,21H,13-14H2,1H3/t17-/m0/s1. The third-order valence-electron chi connectivity index (χ3n) is 3.90. The molecule has 0 saturated carbocycles. The highest BCUT2D eigenvalue weighted by atomic mass is 32.2. The Morgan fingerprint density at radius 2 is 1.80 bits per heavy atom. The number of benzene rings is 2. The van der Waals surface area contributed by atoms with Gasteiger partial charge in [0.1, 0.15) is 4.90 Å². The normalized spacial score (nSPS) is 13.0. The molecule has 5 nitrogen and oxygen atoms in total. The van der Waals surface area contributed by atoms with Gasteiger partial charge in [-0.25, -0.2) is 13.1 Å². The van der Waals surface area contributed by atoms with Crippen LogP contribution >= 0.6 is 0 Å². The molecule has 0 bridgehead atoms. The molecule has 1 heterocycles. The minimum absolute atomic E-state index is 0.180. The molecular formula is C19H20N2O3S. The molecule has 6 heteroatoms. The van der Waals surface area contributed by atoms with Crippen molar-refractivity contribution in [2.24, 2.45) is 0 Å². The SMILES string of the molecule is COC[C@H](Cc1ccccc1)NS(=O)(=O)c1cccc2cccnc12. The molecule has 3 rings (SSSR count). The Kier molecular flexibility index (Phi) is 5.43. The van der Waals surface area contributed by atoms with Crippen LogP contribution in [0.25, 0.3) is 10.9 Å². The highest BCUT2D eigenvalue weighted by Gasteiger charge is 2.23. The van der Waals surface area contributed by atoms with Gasteiger partial charge >= 0.3 is 0 Å². The lowest BCUT2D eigenvalue weighted by molar-refractivity contribution is 0.174. The number of ether oxygens (including phenoxy) is 1. The first-order valence-corrected chi connectivity index (χ1v) is 9.47. The summed E-state index contributed by atoms with van der Waals surface area (Å²) in [6.45, 7) is 0.284. The number of aromatic nitrogens is 1. The summed E-state index contributed by atoms with van der Waals surface area (Å²) >= 11 is 0. The van der Waals surface area contributed by atoms with Crippen molar-refractivity contribution in [1.82, 2.24) is 9.71 Å². The molecule has 130 valence electrons. The number of nitrogens with zero attached hydrogens (tertiary/aromatic N) is 1. The molecule has 0 fully saturated rings. The van der Waals surface area contributed by atoms with Gasteiger partial charge < -0.3 is 4.74 Å². The quantitative estimate of drug-likeness (QED) is 0.707. The van der Waals surface area contributed by atoms with Crippen LogP contribution in [0.2, 0.25) is 0 Å². The summed E-state index contributed by atoms with van der Waals surface area (Å²) < 4.78 is 33.8. The maximum Gasteiger partial charge on any atom is 0.243 e. The first-order valence-electron chi connectivity index (χ1n) is 7.99. The maximum atomic E-state index is 12.9. The summed E-state index contributed by atoms with van der Waals surface area (Å²) in [7, 11) is -2.16. The molecule has 0 saturated heterocycles. The Bertz CT molecular complexity index is 938. The van der Waals surface area contributed by atoms with Crippen LogP contribution in [0.15, 0.2) is 71.8 Å². The van der Waals surface area contributed by atoms with Crippen LogP contribution in [0.4, 0.5) is 0 Å². The third kappa shape index (κ3) is 4.22. The van der Waals surface area contributed by atoms with Gasteiger partial charge in [0.25, 0.3) is 0 Å². The highest BCUT2D eigenvalue weighted by molar-refractivity contribution is 7.89. The lowest BCUT2D eigenvalue weighted by atomic mass is 10.1. The summed E-state index contributed by atoms with van der Waals surface area (Å²) in [5.41, 5.74) is 1.51. The number of pyridine rings is 1. The Labute approximate surface area is 147 Å². The Morgan fingerprint density at radius 3 is 2.56 bits per heavy atom. The van der Waals surface area contributed by atoms with Crippen molar-refractivity contribution in [1.29, 1.82) is 0 Å². The zero-order valence-electron chi connectivity index (χ0n) is 13.9. The topological polar surface area (TPSA) is 68.3 Å². The molecule has 0 aliphatic heterocycles. The average Bonchev–Trinajstić information content (AvgIpc) is 2.62. The average molecular weight is 356 g/mol. The highest BCUT2D eigenvalue weighted by Crippen LogP contribution is 2.21. The van der Waals surface area contributed by atoms with E-state index >= 15 is 0 Å². The van der Waals surface area contributed by atoms with Crippen molar-refractivity contribution in [2.75, 3.05) is 13.7 Å². The largest absolute Gasteiger partial charge is 0.383 e. The summed E-state index contributed by atoms with van der Waals surface area (Å²) in [6, 6.07) is 18.1. The maximum absolute atomic E-state index is 12.9. The second-order valence-corrected chi connectivity index (χ2v) is 7.48. The molecule has 1 N–H and O–H groups in total. The van der Waals surface area contributed by atoms with E-state index < -0.39 is 10.0 Å². The van der Waals surface area contributed by atoms with Gasteiger partial charge in [-0.15, -0.1) is 0 Å². The summed E-state index contributed by atoms with van der Waals surface area (Å²) in [5.74, 6) is 0. The van der Waals surface area contributed by atoms with Crippen molar-refractivity contribution in [3.8, 4) is 0 Å². The molecule has 1 atom stereocenters. The molecule has 2 aromatic carbocycles. The molecule has 25 heavy (non-hydrogen) atoms. The van der Waals surface area contributed by atoms with Crippen LogP contribution in [-0.4, -0.2) is 33.2 Å². The monoisotopic (exact) mass is 356 g/mol. The van der Waals surface area contributed by atoms with Crippen LogP contribution in [0.1, 0.15) is 5.56 Å². The van der Waals surface area contributed by atoms with Crippen molar-refractivity contribution in [3.63, 3.8) is 0 Å². The second kappa shape index (κ2) is 7.74. The number of nitrogens with one attached hydrogen (secondary N) is 1. The van der Waals surface area contributed by atoms with E-state index in [0.717, 1.165) is 10.9 Å². The first kappa shape index (κ1) is 17.5. The predicted molar refractivity (Wildman–Crippen MR) is 97.9 cm³/mol. The van der Waals surface area contributed by atoms with Crippen molar-refractivity contribution in [2.45, 2.75) is 17.4 Å². The van der Waals surface area contributed by atoms with E-state index in [1.54, 1.807) is 31.5 Å². The van der Waals surface area contributed by atoms with Crippen molar-refractivity contribution >= 4 is 20.9 Å². The molecule has 0 unspecified atom stereocenters. The van der Waals surface area contributed by atoms with E-state index in [2.05, 4.69) is 9.71 Å². The van der Waals surface area contributed by atoms with Gasteiger partial charge in [-0.2, -0.15) is 0 Å². The van der Waals surface area contributed by atoms with E-state index in [4.69, 9.17) is 4.74 Å². The Hall–Kier alpha value is -2.28. The fraction of sp³-hybridized carbons (Fsp3) is 0.211. The predicted octanol–water partition coefficient (Wildman–Crippen LogP) is 2.77. The molecule has 0 aliphatic carbocycles. The number of rotatable bonds is 7. The Morgan fingerprint density at radius 1 is 1.04 bits per heavy atom. The van der Waals surface area contributed by atoms with Gasteiger partial charge in [-0.1, -0.05) is 48.5 Å². The molecule has 0 radical (unpaired) electrons. The minimum atomic E-state index is -3.72. The summed E-state index contributed by atoms with van der Waals surface area (Å²) in [5, 5.41) is 0.789. The third-order valence-corrected chi connectivity index (χ3v) is 5.45. The van der Waals surface area contributed by atoms with Crippen LogP contribution in [-0.2, 0) is 21.2 Å². The smallest absolute Gasteiger partial charge is 0.243 e. The Balaban J connectivity index is 1.89. The molecule has 0 amide bonds. The van der Waals surface area contributed by atoms with Crippen molar-refractivity contribution in [3.05, 3.63) is 72.4 Å². The van der Waals surface area contributed by atoms with Gasteiger partial charge in [0, 0.05) is 24.7 Å². The molecule has 3 aromatic rings. The fourth-order valence-corrected chi connectivity index (χ4v) is 4.21. The van der Waals surface area contributed by atoms with Gasteiger partial charge in [-0.3, -0.25) is 4.98 Å². The summed E-state index contributed by atoms with van der Waals surface area (Å²) in [4.78, 5) is 4.41. The number of fused-ring (bicyclic) bond motifs is 1. The number of para-hydroxylation sites is 1. The zero-order chi connectivity index (χ0) is 17.7. The van der Waals surface area contributed by atoms with Crippen molar-refractivity contribution < 1.29 is 13.2 Å². The number of hydrogen-bond acceptors (Lipinski definition) is 4. The molecular weight excluding hydrogens is 336 g/mol. The minimum Gasteiger partial charge on any atom is -0.383 e. The molecule has 1 aromatic heterocycles. The van der Waals surface area contributed by atoms with Gasteiger partial charge in [-0.05, 0) is 24.1 Å². The fourth-order valence-electron chi connectivity index (χ4n) is 2.81. The number of sulfonamides is 1. The van der Waals surface area contributed by atoms with Gasteiger partial charge in [0.15, 0.2) is 0 Å². The van der Waals surface area contributed by atoms with E-state index in [1.807, 2.05) is 42.5 Å². The van der Waals surface area contributed by atoms with Crippen LogP contribution in [0.3, 0.4) is 0 Å². The lowest BCUT2D eigenvalue weighted by Gasteiger charge is -2.18. The van der Waals surface area contributed by atoms with Crippen LogP contribution in [0, 0.1) is 0 Å². The van der Waals surface area contributed by atoms with E-state index in [0.29, 0.717) is 11.9 Å². The zero-order valence-corrected chi connectivity index (χ0v) is 14.7. The van der Waals surface area contributed by atoms with E-state index in [1.165, 1.54) is 0 Å². The van der Waals surface area contributed by atoms with E-state index in [-0.39, 0.29) is 17.5 Å². The van der Waals surface area contributed by atoms with Gasteiger partial charge in [0.05, 0.1) is 12.1 Å². The second-order valence-electron chi connectivity index (χ2n) is 5.79. The van der Waals surface area contributed by atoms with Crippen LogP contribution < -0.4 is 4.72 Å².